The Bertz CT molecular complexity index is 328. The van der Waals surface area contributed by atoms with Crippen molar-refractivity contribution in [2.75, 3.05) is 26.7 Å². The molecule has 1 aliphatic rings. The number of carbonyl (C=O) groups excluding carboxylic acids is 1. The molecular formula is C14H27N3O3. The highest BCUT2D eigenvalue weighted by atomic mass is 16.4. The molecule has 0 spiro atoms. The van der Waals surface area contributed by atoms with Gasteiger partial charge in [-0.05, 0) is 46.2 Å². The van der Waals surface area contributed by atoms with Crippen LogP contribution in [0.4, 0.5) is 4.79 Å². The average molecular weight is 285 g/mol. The minimum atomic E-state index is -0.812. The molecule has 1 saturated heterocycles. The van der Waals surface area contributed by atoms with E-state index in [9.17, 15) is 9.59 Å². The predicted molar refractivity (Wildman–Crippen MR) is 77.8 cm³/mol. The van der Waals surface area contributed by atoms with Crippen molar-refractivity contribution in [1.82, 2.24) is 15.1 Å². The maximum absolute atomic E-state index is 12.5. The summed E-state index contributed by atoms with van der Waals surface area (Å²) in [6.45, 7) is 6.33. The summed E-state index contributed by atoms with van der Waals surface area (Å²) in [4.78, 5) is 26.7. The Kier molecular flexibility index (Phi) is 6.78. The number of carboxylic acid groups (broad SMARTS) is 1. The molecule has 0 radical (unpaired) electrons. The average Bonchev–Trinajstić information content (AvgIpc) is 2.42. The van der Waals surface area contributed by atoms with E-state index in [2.05, 4.69) is 5.32 Å². The molecular weight excluding hydrogens is 258 g/mol. The van der Waals surface area contributed by atoms with Gasteiger partial charge in [-0.15, -0.1) is 0 Å². The number of piperidine rings is 1. The third kappa shape index (κ3) is 5.00. The summed E-state index contributed by atoms with van der Waals surface area (Å²) in [6.07, 6.45) is 2.56. The molecule has 1 heterocycles. The molecule has 1 aliphatic heterocycles. The second kappa shape index (κ2) is 8.09. The molecule has 2 amide bonds. The molecule has 1 rings (SSSR count). The zero-order valence-corrected chi connectivity index (χ0v) is 12.8. The molecule has 0 atom stereocenters. The van der Waals surface area contributed by atoms with Gasteiger partial charge < -0.3 is 20.2 Å². The number of hydrogen-bond acceptors (Lipinski definition) is 3. The van der Waals surface area contributed by atoms with Gasteiger partial charge in [-0.2, -0.15) is 0 Å². The van der Waals surface area contributed by atoms with E-state index in [-0.39, 0.29) is 24.5 Å². The van der Waals surface area contributed by atoms with Crippen LogP contribution in [0.25, 0.3) is 0 Å². The number of urea groups is 1. The van der Waals surface area contributed by atoms with Gasteiger partial charge in [0, 0.05) is 32.1 Å². The standard InChI is InChI=1S/C14H27N3O3/c1-11(2)17(10-4-5-13(18)19)14(20)16(3)12-6-8-15-9-7-12/h11-12,15H,4-10H2,1-3H3,(H,18,19). The minimum absolute atomic E-state index is 0.0114. The maximum Gasteiger partial charge on any atom is 0.320 e. The third-order valence-electron chi connectivity index (χ3n) is 3.82. The summed E-state index contributed by atoms with van der Waals surface area (Å²) in [6, 6.07) is 0.377. The molecule has 0 unspecified atom stereocenters. The van der Waals surface area contributed by atoms with Gasteiger partial charge in [-0.3, -0.25) is 4.79 Å². The Balaban J connectivity index is 2.55. The number of hydrogen-bond donors (Lipinski definition) is 2. The summed E-state index contributed by atoms with van der Waals surface area (Å²) in [5.74, 6) is -0.812. The number of aliphatic carboxylic acids is 1. The van der Waals surface area contributed by atoms with E-state index >= 15 is 0 Å². The van der Waals surface area contributed by atoms with Crippen LogP contribution in [0.1, 0.15) is 39.5 Å². The second-order valence-electron chi connectivity index (χ2n) is 5.66. The molecule has 0 aliphatic carbocycles. The van der Waals surface area contributed by atoms with Crippen LogP contribution in [-0.2, 0) is 4.79 Å². The van der Waals surface area contributed by atoms with E-state index in [1.807, 2.05) is 25.8 Å². The molecule has 6 nitrogen and oxygen atoms in total. The molecule has 6 heteroatoms. The first-order chi connectivity index (χ1) is 9.43. The highest BCUT2D eigenvalue weighted by molar-refractivity contribution is 5.75. The highest BCUT2D eigenvalue weighted by Gasteiger charge is 2.26. The number of nitrogens with zero attached hydrogens (tertiary/aromatic N) is 2. The van der Waals surface area contributed by atoms with Crippen LogP contribution in [0, 0.1) is 0 Å². The molecule has 2 N–H and O–H groups in total. The highest BCUT2D eigenvalue weighted by Crippen LogP contribution is 2.14. The SMILES string of the molecule is CC(C)N(CCCC(=O)O)C(=O)N(C)C1CCNCC1. The lowest BCUT2D eigenvalue weighted by Gasteiger charge is -2.37. The van der Waals surface area contributed by atoms with Crippen LogP contribution < -0.4 is 5.32 Å². The largest absolute Gasteiger partial charge is 0.481 e. The molecule has 0 aromatic rings. The molecule has 0 bridgehead atoms. The van der Waals surface area contributed by atoms with Crippen molar-refractivity contribution in [1.29, 1.82) is 0 Å². The number of carbonyl (C=O) groups is 2. The first kappa shape index (κ1) is 16.8. The molecule has 1 fully saturated rings. The number of rotatable bonds is 6. The van der Waals surface area contributed by atoms with Crippen LogP contribution in [0.15, 0.2) is 0 Å². The number of carboxylic acids is 1. The molecule has 0 aromatic heterocycles. The van der Waals surface area contributed by atoms with Crippen molar-refractivity contribution in [3.63, 3.8) is 0 Å². The van der Waals surface area contributed by atoms with Gasteiger partial charge in [0.1, 0.15) is 0 Å². The van der Waals surface area contributed by atoms with Crippen LogP contribution in [-0.4, -0.2) is 65.7 Å². The Morgan fingerprint density at radius 3 is 2.40 bits per heavy atom. The van der Waals surface area contributed by atoms with Gasteiger partial charge in [0.25, 0.3) is 0 Å². The lowest BCUT2D eigenvalue weighted by atomic mass is 10.1. The van der Waals surface area contributed by atoms with Gasteiger partial charge in [0.15, 0.2) is 0 Å². The van der Waals surface area contributed by atoms with Crippen molar-refractivity contribution in [3.8, 4) is 0 Å². The molecule has 20 heavy (non-hydrogen) atoms. The van der Waals surface area contributed by atoms with Crippen molar-refractivity contribution in [2.45, 2.75) is 51.6 Å². The number of nitrogens with one attached hydrogen (secondary N) is 1. The third-order valence-corrected chi connectivity index (χ3v) is 3.82. The molecule has 0 aromatic carbocycles. The first-order valence-corrected chi connectivity index (χ1v) is 7.39. The summed E-state index contributed by atoms with van der Waals surface area (Å²) in [7, 11) is 1.85. The van der Waals surface area contributed by atoms with Gasteiger partial charge in [0.05, 0.1) is 0 Å². The fourth-order valence-electron chi connectivity index (χ4n) is 2.53. The summed E-state index contributed by atoms with van der Waals surface area (Å²) in [5, 5.41) is 12.0. The topological polar surface area (TPSA) is 72.9 Å². The fraction of sp³-hybridized carbons (Fsp3) is 0.857. The zero-order valence-electron chi connectivity index (χ0n) is 12.8. The van der Waals surface area contributed by atoms with E-state index in [1.165, 1.54) is 0 Å². The summed E-state index contributed by atoms with van der Waals surface area (Å²) < 4.78 is 0. The van der Waals surface area contributed by atoms with E-state index in [4.69, 9.17) is 5.11 Å². The van der Waals surface area contributed by atoms with E-state index in [0.717, 1.165) is 25.9 Å². The van der Waals surface area contributed by atoms with Crippen LogP contribution in [0.2, 0.25) is 0 Å². The lowest BCUT2D eigenvalue weighted by molar-refractivity contribution is -0.137. The quantitative estimate of drug-likeness (QED) is 0.773. The lowest BCUT2D eigenvalue weighted by Crippen LogP contribution is -2.51. The van der Waals surface area contributed by atoms with Gasteiger partial charge >= 0.3 is 12.0 Å². The van der Waals surface area contributed by atoms with Gasteiger partial charge in [-0.1, -0.05) is 0 Å². The normalized spacial score (nSPS) is 16.2. The Morgan fingerprint density at radius 2 is 1.90 bits per heavy atom. The Labute approximate surface area is 121 Å². The van der Waals surface area contributed by atoms with Crippen molar-refractivity contribution >= 4 is 12.0 Å². The second-order valence-corrected chi connectivity index (χ2v) is 5.66. The van der Waals surface area contributed by atoms with Gasteiger partial charge in [-0.25, -0.2) is 4.79 Å². The molecule has 0 saturated carbocycles. The maximum atomic E-state index is 12.5. The van der Waals surface area contributed by atoms with Gasteiger partial charge in [0.2, 0.25) is 0 Å². The summed E-state index contributed by atoms with van der Waals surface area (Å²) >= 11 is 0. The van der Waals surface area contributed by atoms with E-state index < -0.39 is 5.97 Å². The predicted octanol–water partition coefficient (Wildman–Crippen LogP) is 1.37. The van der Waals surface area contributed by atoms with E-state index in [0.29, 0.717) is 13.0 Å². The monoisotopic (exact) mass is 285 g/mol. The van der Waals surface area contributed by atoms with Crippen LogP contribution in [0.3, 0.4) is 0 Å². The zero-order chi connectivity index (χ0) is 15.1. The molecule has 116 valence electrons. The Hall–Kier alpha value is -1.30. The number of amides is 2. The van der Waals surface area contributed by atoms with Crippen LogP contribution in [0.5, 0.6) is 0 Å². The van der Waals surface area contributed by atoms with Crippen LogP contribution >= 0.6 is 0 Å². The Morgan fingerprint density at radius 1 is 1.30 bits per heavy atom. The van der Waals surface area contributed by atoms with Crippen molar-refractivity contribution < 1.29 is 14.7 Å². The summed E-state index contributed by atoms with van der Waals surface area (Å²) in [5.41, 5.74) is 0. The minimum Gasteiger partial charge on any atom is -0.481 e. The van der Waals surface area contributed by atoms with Crippen molar-refractivity contribution in [2.24, 2.45) is 0 Å². The first-order valence-electron chi connectivity index (χ1n) is 7.39. The van der Waals surface area contributed by atoms with E-state index in [1.54, 1.807) is 4.90 Å². The smallest absolute Gasteiger partial charge is 0.320 e. The fourth-order valence-corrected chi connectivity index (χ4v) is 2.53. The van der Waals surface area contributed by atoms with Crippen molar-refractivity contribution in [3.05, 3.63) is 0 Å².